The van der Waals surface area contributed by atoms with E-state index in [1.54, 1.807) is 0 Å². The zero-order valence-corrected chi connectivity index (χ0v) is 11.9. The molecule has 2 rings (SSSR count). The fourth-order valence-corrected chi connectivity index (χ4v) is 2.13. The van der Waals surface area contributed by atoms with Gasteiger partial charge in [-0.2, -0.15) is 13.2 Å². The molecule has 0 saturated carbocycles. The van der Waals surface area contributed by atoms with Gasteiger partial charge in [0.2, 0.25) is 0 Å². The lowest BCUT2D eigenvalue weighted by Crippen LogP contribution is -2.29. The van der Waals surface area contributed by atoms with Gasteiger partial charge in [-0.15, -0.1) is 0 Å². The van der Waals surface area contributed by atoms with Gasteiger partial charge in [-0.25, -0.2) is 8.78 Å². The highest BCUT2D eigenvalue weighted by Gasteiger charge is 2.35. The first-order valence-corrected chi connectivity index (χ1v) is 6.62. The number of alkyl halides is 3. The Morgan fingerprint density at radius 3 is 2.35 bits per heavy atom. The molecular formula is C16H12F5NO. The van der Waals surface area contributed by atoms with Gasteiger partial charge >= 0.3 is 6.18 Å². The average Bonchev–Trinajstić information content (AvgIpc) is 2.46. The topological polar surface area (TPSA) is 29.1 Å². The van der Waals surface area contributed by atoms with Crippen LogP contribution in [0.1, 0.15) is 34.5 Å². The maximum absolute atomic E-state index is 13.7. The summed E-state index contributed by atoms with van der Waals surface area (Å²) in [5, 5.41) is 2.28. The molecule has 0 aliphatic carbocycles. The summed E-state index contributed by atoms with van der Waals surface area (Å²) in [5.41, 5.74) is -1.66. The molecule has 0 aromatic heterocycles. The summed E-state index contributed by atoms with van der Waals surface area (Å²) < 4.78 is 65.2. The van der Waals surface area contributed by atoms with Gasteiger partial charge in [0.1, 0.15) is 11.6 Å². The molecule has 122 valence electrons. The first-order chi connectivity index (χ1) is 10.7. The highest BCUT2D eigenvalue weighted by molar-refractivity contribution is 5.96. The van der Waals surface area contributed by atoms with E-state index in [9.17, 15) is 26.7 Å². The molecule has 7 heteroatoms. The first kappa shape index (κ1) is 16.9. The van der Waals surface area contributed by atoms with Crippen molar-refractivity contribution < 1.29 is 26.7 Å². The van der Waals surface area contributed by atoms with E-state index in [1.165, 1.54) is 19.1 Å². The van der Waals surface area contributed by atoms with E-state index in [2.05, 4.69) is 5.32 Å². The Morgan fingerprint density at radius 1 is 1.09 bits per heavy atom. The zero-order valence-electron chi connectivity index (χ0n) is 11.9. The zero-order chi connectivity index (χ0) is 17.2. The number of hydrogen-bond acceptors (Lipinski definition) is 1. The molecular weight excluding hydrogens is 317 g/mol. The van der Waals surface area contributed by atoms with Crippen molar-refractivity contribution in [1.82, 2.24) is 5.32 Å². The van der Waals surface area contributed by atoms with E-state index < -0.39 is 40.9 Å². The predicted molar refractivity (Wildman–Crippen MR) is 73.7 cm³/mol. The Labute approximate surface area is 128 Å². The van der Waals surface area contributed by atoms with Crippen molar-refractivity contribution in [3.05, 3.63) is 70.8 Å². The Kier molecular flexibility index (Phi) is 4.68. The number of hydrogen-bond donors (Lipinski definition) is 1. The SMILES string of the molecule is C[C@@H](NC(=O)c1ccccc1C(F)(F)F)c1ccc(F)cc1F. The van der Waals surface area contributed by atoms with Gasteiger partial charge in [0.15, 0.2) is 0 Å². The van der Waals surface area contributed by atoms with Crippen LogP contribution in [0.25, 0.3) is 0 Å². The number of halogens is 5. The Hall–Kier alpha value is -2.44. The number of carbonyl (C=O) groups is 1. The van der Waals surface area contributed by atoms with E-state index in [1.807, 2.05) is 0 Å². The molecule has 0 radical (unpaired) electrons. The van der Waals surface area contributed by atoms with Crippen molar-refractivity contribution in [2.45, 2.75) is 19.1 Å². The minimum Gasteiger partial charge on any atom is -0.345 e. The molecule has 2 nitrogen and oxygen atoms in total. The molecule has 0 aliphatic rings. The maximum Gasteiger partial charge on any atom is 0.417 e. The molecule has 23 heavy (non-hydrogen) atoms. The molecule has 0 aliphatic heterocycles. The van der Waals surface area contributed by atoms with Gasteiger partial charge in [-0.1, -0.05) is 18.2 Å². The van der Waals surface area contributed by atoms with Crippen LogP contribution in [-0.4, -0.2) is 5.91 Å². The van der Waals surface area contributed by atoms with Crippen LogP contribution in [0.3, 0.4) is 0 Å². The smallest absolute Gasteiger partial charge is 0.345 e. The molecule has 0 fully saturated rings. The normalized spacial score (nSPS) is 12.8. The monoisotopic (exact) mass is 329 g/mol. The van der Waals surface area contributed by atoms with E-state index in [4.69, 9.17) is 0 Å². The predicted octanol–water partition coefficient (Wildman–Crippen LogP) is 4.47. The number of nitrogens with one attached hydrogen (secondary N) is 1. The van der Waals surface area contributed by atoms with Crippen LogP contribution >= 0.6 is 0 Å². The fraction of sp³-hybridized carbons (Fsp3) is 0.188. The minimum absolute atomic E-state index is 0.0239. The maximum atomic E-state index is 13.7. The third-order valence-electron chi connectivity index (χ3n) is 3.25. The number of amides is 1. The van der Waals surface area contributed by atoms with Gasteiger partial charge in [-0.05, 0) is 25.1 Å². The van der Waals surface area contributed by atoms with Crippen molar-refractivity contribution in [2.24, 2.45) is 0 Å². The van der Waals surface area contributed by atoms with Crippen molar-refractivity contribution in [3.63, 3.8) is 0 Å². The Bertz CT molecular complexity index is 727. The van der Waals surface area contributed by atoms with Crippen LogP contribution in [0.5, 0.6) is 0 Å². The highest BCUT2D eigenvalue weighted by atomic mass is 19.4. The molecule has 0 saturated heterocycles. The lowest BCUT2D eigenvalue weighted by Gasteiger charge is -2.17. The van der Waals surface area contributed by atoms with Crippen molar-refractivity contribution >= 4 is 5.91 Å². The third-order valence-corrected chi connectivity index (χ3v) is 3.25. The number of carbonyl (C=O) groups excluding carboxylic acids is 1. The summed E-state index contributed by atoms with van der Waals surface area (Å²) in [6.07, 6.45) is -4.68. The highest BCUT2D eigenvalue weighted by Crippen LogP contribution is 2.32. The molecule has 0 heterocycles. The summed E-state index contributed by atoms with van der Waals surface area (Å²) in [5.74, 6) is -2.66. The van der Waals surface area contributed by atoms with Gasteiger partial charge in [0.25, 0.3) is 5.91 Å². The molecule has 1 atom stereocenters. The van der Waals surface area contributed by atoms with Crippen LogP contribution in [0.4, 0.5) is 22.0 Å². The lowest BCUT2D eigenvalue weighted by atomic mass is 10.0. The standard InChI is InChI=1S/C16H12F5NO/c1-9(11-7-6-10(17)8-14(11)18)22-15(23)12-4-2-3-5-13(12)16(19,20)21/h2-9H,1H3,(H,22,23)/t9-/m1/s1. The summed E-state index contributed by atoms with van der Waals surface area (Å²) in [7, 11) is 0. The average molecular weight is 329 g/mol. The summed E-state index contributed by atoms with van der Waals surface area (Å²) in [6, 6.07) is 6.14. The van der Waals surface area contributed by atoms with Gasteiger partial charge < -0.3 is 5.32 Å². The summed E-state index contributed by atoms with van der Waals surface area (Å²) >= 11 is 0. The molecule has 2 aromatic rings. The van der Waals surface area contributed by atoms with Crippen molar-refractivity contribution in [3.8, 4) is 0 Å². The molecule has 0 spiro atoms. The van der Waals surface area contributed by atoms with Crippen LogP contribution in [0.15, 0.2) is 42.5 Å². The third kappa shape index (κ3) is 3.85. The van der Waals surface area contributed by atoms with Crippen molar-refractivity contribution in [2.75, 3.05) is 0 Å². The minimum atomic E-state index is -4.68. The number of rotatable bonds is 3. The van der Waals surface area contributed by atoms with Gasteiger partial charge in [0.05, 0.1) is 17.2 Å². The molecule has 1 N–H and O–H groups in total. The summed E-state index contributed by atoms with van der Waals surface area (Å²) in [6.45, 7) is 1.39. The second kappa shape index (κ2) is 6.36. The number of benzene rings is 2. The van der Waals surface area contributed by atoms with E-state index in [0.29, 0.717) is 6.07 Å². The molecule has 1 amide bonds. The van der Waals surface area contributed by atoms with Crippen LogP contribution in [-0.2, 0) is 6.18 Å². The van der Waals surface area contributed by atoms with E-state index >= 15 is 0 Å². The lowest BCUT2D eigenvalue weighted by molar-refractivity contribution is -0.137. The first-order valence-electron chi connectivity index (χ1n) is 6.62. The van der Waals surface area contributed by atoms with Gasteiger partial charge in [-0.3, -0.25) is 4.79 Å². The van der Waals surface area contributed by atoms with Crippen molar-refractivity contribution in [1.29, 1.82) is 0 Å². The molecule has 0 unspecified atom stereocenters. The van der Waals surface area contributed by atoms with Gasteiger partial charge in [0, 0.05) is 11.6 Å². The van der Waals surface area contributed by atoms with Crippen LogP contribution < -0.4 is 5.32 Å². The molecule has 2 aromatic carbocycles. The second-order valence-corrected chi connectivity index (χ2v) is 4.90. The second-order valence-electron chi connectivity index (χ2n) is 4.90. The fourth-order valence-electron chi connectivity index (χ4n) is 2.13. The Balaban J connectivity index is 2.26. The molecule has 0 bridgehead atoms. The largest absolute Gasteiger partial charge is 0.417 e. The summed E-state index contributed by atoms with van der Waals surface area (Å²) in [4.78, 5) is 12.1. The van der Waals surface area contributed by atoms with E-state index in [0.717, 1.165) is 24.3 Å². The van der Waals surface area contributed by atoms with E-state index in [-0.39, 0.29) is 5.56 Å². The quantitative estimate of drug-likeness (QED) is 0.827. The van der Waals surface area contributed by atoms with Crippen LogP contribution in [0.2, 0.25) is 0 Å². The Morgan fingerprint density at radius 2 is 1.74 bits per heavy atom. The van der Waals surface area contributed by atoms with Crippen LogP contribution in [0, 0.1) is 11.6 Å².